The van der Waals surface area contributed by atoms with Crippen LogP contribution in [0.1, 0.15) is 31.7 Å². The van der Waals surface area contributed by atoms with E-state index in [1.165, 1.54) is 12.0 Å². The number of hydrogen-bond donors (Lipinski definition) is 1. The Hall–Kier alpha value is -1.06. The van der Waals surface area contributed by atoms with Crippen molar-refractivity contribution in [1.29, 1.82) is 0 Å². The van der Waals surface area contributed by atoms with Crippen molar-refractivity contribution < 1.29 is 9.84 Å². The summed E-state index contributed by atoms with van der Waals surface area (Å²) in [6.45, 7) is 4.93. The number of hydrogen-bond acceptors (Lipinski definition) is 3. The summed E-state index contributed by atoms with van der Waals surface area (Å²) in [6.07, 6.45) is 3.59. The van der Waals surface area contributed by atoms with Gasteiger partial charge in [-0.05, 0) is 44.5 Å². The number of benzene rings is 1. The highest BCUT2D eigenvalue weighted by Crippen LogP contribution is 2.40. The van der Waals surface area contributed by atoms with Crippen LogP contribution in [0.4, 0.5) is 0 Å². The van der Waals surface area contributed by atoms with E-state index in [0.29, 0.717) is 13.2 Å². The molecule has 1 saturated carbocycles. The fourth-order valence-corrected chi connectivity index (χ4v) is 2.84. The molecule has 3 heteroatoms. The highest BCUT2D eigenvalue weighted by atomic mass is 16.5. The molecule has 1 aromatic carbocycles. The van der Waals surface area contributed by atoms with Crippen LogP contribution in [0.2, 0.25) is 0 Å². The fraction of sp³-hybridized carbons (Fsp3) is 0.625. The number of aliphatic hydroxyl groups is 1. The lowest BCUT2D eigenvalue weighted by molar-refractivity contribution is 0.0127. The first kappa shape index (κ1) is 14.4. The molecule has 1 aliphatic rings. The first-order valence-electron chi connectivity index (χ1n) is 7.18. The van der Waals surface area contributed by atoms with Gasteiger partial charge in [0.05, 0.1) is 6.61 Å². The van der Waals surface area contributed by atoms with Crippen molar-refractivity contribution >= 4 is 0 Å². The van der Waals surface area contributed by atoms with E-state index in [2.05, 4.69) is 24.1 Å². The van der Waals surface area contributed by atoms with Crippen LogP contribution in [-0.4, -0.2) is 36.8 Å². The van der Waals surface area contributed by atoms with Gasteiger partial charge in [-0.3, -0.25) is 0 Å². The van der Waals surface area contributed by atoms with Crippen LogP contribution in [-0.2, 0) is 6.54 Å². The molecule has 2 rings (SSSR count). The first-order valence-corrected chi connectivity index (χ1v) is 7.18. The van der Waals surface area contributed by atoms with Gasteiger partial charge in [0.1, 0.15) is 5.75 Å². The third-order valence-electron chi connectivity index (χ3n) is 4.04. The lowest BCUT2D eigenvalue weighted by Gasteiger charge is -2.43. The Labute approximate surface area is 116 Å². The maximum atomic E-state index is 9.50. The molecule has 0 aliphatic heterocycles. The molecule has 1 aromatic rings. The zero-order valence-corrected chi connectivity index (χ0v) is 12.1. The number of ether oxygens (including phenoxy) is 1. The maximum Gasteiger partial charge on any atom is 0.119 e. The van der Waals surface area contributed by atoms with Gasteiger partial charge in [0.2, 0.25) is 0 Å². The molecule has 3 nitrogen and oxygen atoms in total. The zero-order valence-electron chi connectivity index (χ0n) is 12.1. The second-order valence-corrected chi connectivity index (χ2v) is 5.76. The number of nitrogens with zero attached hydrogens (tertiary/aromatic N) is 1. The molecule has 0 bridgehead atoms. The molecule has 0 heterocycles. The third-order valence-corrected chi connectivity index (χ3v) is 4.04. The Kier molecular flexibility index (Phi) is 4.83. The molecule has 19 heavy (non-hydrogen) atoms. The molecule has 0 saturated heterocycles. The van der Waals surface area contributed by atoms with Crippen molar-refractivity contribution in [1.82, 2.24) is 4.90 Å². The summed E-state index contributed by atoms with van der Waals surface area (Å²) in [5, 5.41) is 9.50. The predicted molar refractivity (Wildman–Crippen MR) is 77.3 cm³/mol. The Morgan fingerprint density at radius 2 is 1.95 bits per heavy atom. The topological polar surface area (TPSA) is 32.7 Å². The summed E-state index contributed by atoms with van der Waals surface area (Å²) < 4.78 is 5.44. The average molecular weight is 263 g/mol. The van der Waals surface area contributed by atoms with Gasteiger partial charge in [-0.15, -0.1) is 0 Å². The second-order valence-electron chi connectivity index (χ2n) is 5.76. The van der Waals surface area contributed by atoms with E-state index in [4.69, 9.17) is 4.74 Å². The summed E-state index contributed by atoms with van der Waals surface area (Å²) in [7, 11) is 2.13. The van der Waals surface area contributed by atoms with Gasteiger partial charge in [0, 0.05) is 25.1 Å². The molecule has 0 spiro atoms. The van der Waals surface area contributed by atoms with Crippen LogP contribution >= 0.6 is 0 Å². The minimum atomic E-state index is 0.167. The van der Waals surface area contributed by atoms with Gasteiger partial charge < -0.3 is 14.7 Å². The van der Waals surface area contributed by atoms with Crippen molar-refractivity contribution in [2.24, 2.45) is 5.41 Å². The van der Waals surface area contributed by atoms with Crippen LogP contribution in [0.25, 0.3) is 0 Å². The molecule has 0 unspecified atom stereocenters. The predicted octanol–water partition coefficient (Wildman–Crippen LogP) is 2.68. The highest BCUT2D eigenvalue weighted by molar-refractivity contribution is 5.27. The monoisotopic (exact) mass is 263 g/mol. The van der Waals surface area contributed by atoms with E-state index in [9.17, 15) is 5.11 Å². The lowest BCUT2D eigenvalue weighted by atomic mass is 9.69. The fourth-order valence-electron chi connectivity index (χ4n) is 2.84. The van der Waals surface area contributed by atoms with E-state index in [0.717, 1.165) is 31.7 Å². The molecule has 0 aromatic heterocycles. The Morgan fingerprint density at radius 1 is 1.26 bits per heavy atom. The molecular weight excluding hydrogens is 238 g/mol. The molecule has 0 amide bonds. The first-order chi connectivity index (χ1) is 9.17. The van der Waals surface area contributed by atoms with Crippen molar-refractivity contribution in [2.45, 2.75) is 32.7 Å². The summed E-state index contributed by atoms with van der Waals surface area (Å²) in [6, 6.07) is 8.29. The molecule has 0 atom stereocenters. The normalized spacial score (nSPS) is 17.3. The van der Waals surface area contributed by atoms with Crippen molar-refractivity contribution in [3.8, 4) is 5.75 Å². The second kappa shape index (κ2) is 6.40. The molecule has 1 aliphatic carbocycles. The van der Waals surface area contributed by atoms with E-state index >= 15 is 0 Å². The Morgan fingerprint density at radius 3 is 2.42 bits per heavy atom. The van der Waals surface area contributed by atoms with Crippen LogP contribution in [0, 0.1) is 5.41 Å². The van der Waals surface area contributed by atoms with Gasteiger partial charge in [0.25, 0.3) is 0 Å². The minimum Gasteiger partial charge on any atom is -0.494 e. The largest absolute Gasteiger partial charge is 0.494 e. The molecular formula is C16H25NO2. The summed E-state index contributed by atoms with van der Waals surface area (Å²) in [4.78, 5) is 2.31. The van der Waals surface area contributed by atoms with E-state index < -0.39 is 0 Å². The molecule has 1 fully saturated rings. The van der Waals surface area contributed by atoms with E-state index in [1.54, 1.807) is 0 Å². The SMILES string of the molecule is CCOc1ccc(CN(C)CC2(CO)CCC2)cc1. The zero-order chi connectivity index (χ0) is 13.7. The standard InChI is InChI=1S/C16H25NO2/c1-3-19-15-7-5-14(6-8-15)11-17(2)12-16(13-18)9-4-10-16/h5-8,18H,3-4,9-13H2,1-2H3. The van der Waals surface area contributed by atoms with Crippen LogP contribution in [0.5, 0.6) is 5.75 Å². The quantitative estimate of drug-likeness (QED) is 0.821. The summed E-state index contributed by atoms with van der Waals surface area (Å²) in [5.74, 6) is 0.930. The molecule has 106 valence electrons. The summed E-state index contributed by atoms with van der Waals surface area (Å²) in [5.41, 5.74) is 1.46. The molecule has 1 N–H and O–H groups in total. The minimum absolute atomic E-state index is 0.167. The smallest absolute Gasteiger partial charge is 0.119 e. The third kappa shape index (κ3) is 3.71. The van der Waals surface area contributed by atoms with Crippen LogP contribution in [0.15, 0.2) is 24.3 Å². The maximum absolute atomic E-state index is 9.50. The van der Waals surface area contributed by atoms with Crippen LogP contribution < -0.4 is 4.74 Å². The van der Waals surface area contributed by atoms with Gasteiger partial charge in [-0.25, -0.2) is 0 Å². The Bertz CT molecular complexity index is 379. The van der Waals surface area contributed by atoms with Gasteiger partial charge in [0.15, 0.2) is 0 Å². The average Bonchev–Trinajstić information content (AvgIpc) is 2.37. The van der Waals surface area contributed by atoms with Crippen LogP contribution in [0.3, 0.4) is 0 Å². The lowest BCUT2D eigenvalue weighted by Crippen LogP contribution is -2.43. The van der Waals surface area contributed by atoms with E-state index in [-0.39, 0.29) is 5.41 Å². The number of rotatable bonds is 7. The summed E-state index contributed by atoms with van der Waals surface area (Å²) >= 11 is 0. The molecule has 0 radical (unpaired) electrons. The Balaban J connectivity index is 1.86. The van der Waals surface area contributed by atoms with Crippen molar-refractivity contribution in [2.75, 3.05) is 26.8 Å². The van der Waals surface area contributed by atoms with E-state index in [1.807, 2.05) is 19.1 Å². The van der Waals surface area contributed by atoms with Gasteiger partial charge in [-0.1, -0.05) is 18.6 Å². The highest BCUT2D eigenvalue weighted by Gasteiger charge is 2.37. The van der Waals surface area contributed by atoms with Crippen molar-refractivity contribution in [3.05, 3.63) is 29.8 Å². The number of aliphatic hydroxyl groups excluding tert-OH is 1. The van der Waals surface area contributed by atoms with Crippen molar-refractivity contribution in [3.63, 3.8) is 0 Å². The van der Waals surface area contributed by atoms with Gasteiger partial charge >= 0.3 is 0 Å². The van der Waals surface area contributed by atoms with Gasteiger partial charge in [-0.2, -0.15) is 0 Å².